The number of benzene rings is 1. The second-order valence-electron chi connectivity index (χ2n) is 3.53. The van der Waals surface area contributed by atoms with E-state index in [0.29, 0.717) is 5.69 Å². The van der Waals surface area contributed by atoms with Crippen LogP contribution in [-0.4, -0.2) is 32.7 Å². The average molecular weight is 276 g/mol. The molecule has 2 N–H and O–H groups in total. The van der Waals surface area contributed by atoms with Gasteiger partial charge in [0.2, 0.25) is 0 Å². The smallest absolute Gasteiger partial charge is 0.342 e. The van der Waals surface area contributed by atoms with Crippen LogP contribution in [0.25, 0.3) is 0 Å². The van der Waals surface area contributed by atoms with Gasteiger partial charge in [0.25, 0.3) is 6.43 Å². The highest BCUT2D eigenvalue weighted by Crippen LogP contribution is 2.22. The van der Waals surface area contributed by atoms with Crippen molar-refractivity contribution in [3.8, 4) is 5.75 Å². The Bertz CT molecular complexity index is 426. The first-order valence-corrected chi connectivity index (χ1v) is 5.66. The second-order valence-corrected chi connectivity index (χ2v) is 3.53. The monoisotopic (exact) mass is 276 g/mol. The van der Waals surface area contributed by atoms with Crippen LogP contribution >= 0.6 is 0 Å². The average Bonchev–Trinajstić information content (AvgIpc) is 2.37. The Morgan fingerprint density at radius 1 is 1.42 bits per heavy atom. The predicted molar refractivity (Wildman–Crippen MR) is 62.5 cm³/mol. The first kappa shape index (κ1) is 15.3. The van der Waals surface area contributed by atoms with E-state index >= 15 is 0 Å². The molecule has 0 aromatic heterocycles. The molecule has 5 nitrogen and oxygen atoms in total. The zero-order valence-corrected chi connectivity index (χ0v) is 10.7. The summed E-state index contributed by atoms with van der Waals surface area (Å²) >= 11 is 0. The van der Waals surface area contributed by atoms with Crippen molar-refractivity contribution < 1.29 is 33.4 Å². The molecule has 0 radical (unpaired) electrons. The van der Waals surface area contributed by atoms with Gasteiger partial charge in [-0.25, -0.2) is 18.4 Å². The number of quaternary nitrogens is 1. The van der Waals surface area contributed by atoms with Crippen LogP contribution in [0.3, 0.4) is 0 Å². The van der Waals surface area contributed by atoms with Crippen molar-refractivity contribution in [3.05, 3.63) is 23.8 Å². The molecule has 1 rings (SSSR count). The molecular formula is C12H16F2NO4+. The molecule has 0 aliphatic rings. The van der Waals surface area contributed by atoms with Crippen LogP contribution in [0.2, 0.25) is 0 Å². The van der Waals surface area contributed by atoms with E-state index in [1.165, 1.54) is 24.7 Å². The summed E-state index contributed by atoms with van der Waals surface area (Å²) in [6, 6.07) is 4.48. The highest BCUT2D eigenvalue weighted by molar-refractivity contribution is 5.93. The zero-order chi connectivity index (χ0) is 14.3. The summed E-state index contributed by atoms with van der Waals surface area (Å²) in [4.78, 5) is 16.5. The van der Waals surface area contributed by atoms with E-state index in [1.807, 2.05) is 0 Å². The SMILES string of the molecule is CCOC(=O)c1cc([NH2+]OC)ccc1OCC(F)F. The summed E-state index contributed by atoms with van der Waals surface area (Å²) in [5.74, 6) is -0.565. The maximum atomic E-state index is 12.1. The fourth-order valence-electron chi connectivity index (χ4n) is 1.40. The number of ether oxygens (including phenoxy) is 2. The lowest BCUT2D eigenvalue weighted by Gasteiger charge is -2.11. The lowest BCUT2D eigenvalue weighted by Crippen LogP contribution is -2.75. The summed E-state index contributed by atoms with van der Waals surface area (Å²) in [7, 11) is 1.46. The first-order valence-electron chi connectivity index (χ1n) is 5.66. The highest BCUT2D eigenvalue weighted by Gasteiger charge is 2.17. The Morgan fingerprint density at radius 2 is 2.16 bits per heavy atom. The van der Waals surface area contributed by atoms with Gasteiger partial charge in [-0.15, -0.1) is 0 Å². The number of carbonyl (C=O) groups is 1. The van der Waals surface area contributed by atoms with Gasteiger partial charge in [0.05, 0.1) is 13.7 Å². The zero-order valence-electron chi connectivity index (χ0n) is 10.7. The minimum atomic E-state index is -2.61. The number of nitrogens with two attached hydrogens (primary N) is 1. The van der Waals surface area contributed by atoms with Crippen LogP contribution in [0.15, 0.2) is 18.2 Å². The van der Waals surface area contributed by atoms with Gasteiger partial charge >= 0.3 is 5.97 Å². The molecule has 0 atom stereocenters. The second kappa shape index (κ2) is 7.65. The minimum Gasteiger partial charge on any atom is -0.487 e. The van der Waals surface area contributed by atoms with Gasteiger partial charge in [0.15, 0.2) is 5.69 Å². The van der Waals surface area contributed by atoms with Crippen molar-refractivity contribution in [1.29, 1.82) is 0 Å². The van der Waals surface area contributed by atoms with E-state index in [-0.39, 0.29) is 17.9 Å². The van der Waals surface area contributed by atoms with E-state index < -0.39 is 19.0 Å². The molecule has 1 aromatic rings. The van der Waals surface area contributed by atoms with E-state index in [1.54, 1.807) is 13.0 Å². The fourth-order valence-corrected chi connectivity index (χ4v) is 1.40. The number of alkyl halides is 2. The fraction of sp³-hybridized carbons (Fsp3) is 0.417. The Kier molecular flexibility index (Phi) is 6.17. The lowest BCUT2D eigenvalue weighted by molar-refractivity contribution is -0.830. The van der Waals surface area contributed by atoms with Crippen molar-refractivity contribution in [3.63, 3.8) is 0 Å². The van der Waals surface area contributed by atoms with Crippen molar-refractivity contribution in [2.45, 2.75) is 13.3 Å². The van der Waals surface area contributed by atoms with Gasteiger partial charge in [0, 0.05) is 12.1 Å². The predicted octanol–water partition coefficient (Wildman–Crippen LogP) is 1.26. The van der Waals surface area contributed by atoms with Crippen LogP contribution in [0, 0.1) is 0 Å². The first-order chi connectivity index (χ1) is 9.08. The number of esters is 1. The molecule has 0 unspecified atom stereocenters. The molecule has 0 fully saturated rings. The van der Waals surface area contributed by atoms with Crippen molar-refractivity contribution >= 4 is 11.7 Å². The van der Waals surface area contributed by atoms with E-state index in [4.69, 9.17) is 14.3 Å². The van der Waals surface area contributed by atoms with E-state index in [2.05, 4.69) is 0 Å². The molecular weight excluding hydrogens is 260 g/mol. The third-order valence-corrected chi connectivity index (χ3v) is 2.12. The maximum Gasteiger partial charge on any atom is 0.342 e. The molecule has 0 spiro atoms. The largest absolute Gasteiger partial charge is 0.487 e. The summed E-state index contributed by atoms with van der Waals surface area (Å²) in [5.41, 5.74) is 2.11. The third kappa shape index (κ3) is 4.80. The number of halogens is 2. The molecule has 0 bridgehead atoms. The quantitative estimate of drug-likeness (QED) is 0.463. The highest BCUT2D eigenvalue weighted by atomic mass is 19.3. The Hall–Kier alpha value is -1.73. The van der Waals surface area contributed by atoms with Gasteiger partial charge in [-0.2, -0.15) is 5.48 Å². The molecule has 0 aliphatic carbocycles. The molecule has 0 amide bonds. The van der Waals surface area contributed by atoms with Crippen LogP contribution < -0.4 is 10.2 Å². The van der Waals surface area contributed by atoms with Gasteiger partial charge in [-0.1, -0.05) is 0 Å². The van der Waals surface area contributed by atoms with E-state index in [0.717, 1.165) is 0 Å². The number of hydrogen-bond donors (Lipinski definition) is 1. The third-order valence-electron chi connectivity index (χ3n) is 2.12. The molecule has 0 heterocycles. The molecule has 1 aromatic carbocycles. The summed E-state index contributed by atoms with van der Waals surface area (Å²) < 4.78 is 34.0. The number of carbonyl (C=O) groups excluding carboxylic acids is 1. The standard InChI is InChI=1S/C12H15F2NO4/c1-3-18-12(16)9-6-8(15-17-2)4-5-10(9)19-7-11(13)14/h4-6,11,15H,3,7H2,1-2H3/p+1. The molecule has 19 heavy (non-hydrogen) atoms. The van der Waals surface area contributed by atoms with Crippen LogP contribution in [0.5, 0.6) is 5.75 Å². The van der Waals surface area contributed by atoms with Crippen molar-refractivity contribution in [2.75, 3.05) is 20.3 Å². The Morgan fingerprint density at radius 3 is 2.74 bits per heavy atom. The van der Waals surface area contributed by atoms with Crippen molar-refractivity contribution in [1.82, 2.24) is 0 Å². The summed E-state index contributed by atoms with van der Waals surface area (Å²) in [5, 5.41) is 0. The van der Waals surface area contributed by atoms with Gasteiger partial charge in [-0.3, -0.25) is 0 Å². The summed E-state index contributed by atoms with van der Waals surface area (Å²) in [6.07, 6.45) is -2.61. The number of rotatable bonds is 7. The van der Waals surface area contributed by atoms with Crippen LogP contribution in [-0.2, 0) is 9.57 Å². The Balaban J connectivity index is 2.96. The number of hydrogen-bond acceptors (Lipinski definition) is 4. The summed E-state index contributed by atoms with van der Waals surface area (Å²) in [6.45, 7) is 1.06. The molecule has 0 aliphatic heterocycles. The van der Waals surface area contributed by atoms with Gasteiger partial charge in [-0.05, 0) is 13.0 Å². The normalized spacial score (nSPS) is 10.6. The molecule has 7 heteroatoms. The topological polar surface area (TPSA) is 61.4 Å². The van der Waals surface area contributed by atoms with Gasteiger partial charge in [0.1, 0.15) is 17.9 Å². The van der Waals surface area contributed by atoms with Crippen molar-refractivity contribution in [2.24, 2.45) is 0 Å². The lowest BCUT2D eigenvalue weighted by atomic mass is 10.2. The van der Waals surface area contributed by atoms with Crippen LogP contribution in [0.4, 0.5) is 14.5 Å². The minimum absolute atomic E-state index is 0.0620. The Labute approximate surface area is 109 Å². The van der Waals surface area contributed by atoms with Gasteiger partial charge < -0.3 is 9.47 Å². The van der Waals surface area contributed by atoms with E-state index in [9.17, 15) is 13.6 Å². The molecule has 0 saturated carbocycles. The molecule has 0 saturated heterocycles. The molecule has 106 valence electrons. The maximum absolute atomic E-state index is 12.1. The van der Waals surface area contributed by atoms with Crippen LogP contribution in [0.1, 0.15) is 17.3 Å².